The summed E-state index contributed by atoms with van der Waals surface area (Å²) in [5.74, 6) is 0.530. The summed E-state index contributed by atoms with van der Waals surface area (Å²) >= 11 is 0. The Morgan fingerprint density at radius 3 is 2.60 bits per heavy atom. The normalized spacial score (nSPS) is 10.8. The van der Waals surface area contributed by atoms with Gasteiger partial charge in [0.05, 0.1) is 0 Å². The molecule has 30 heavy (non-hydrogen) atoms. The van der Waals surface area contributed by atoms with E-state index >= 15 is 0 Å². The van der Waals surface area contributed by atoms with Crippen LogP contribution in [0.3, 0.4) is 0 Å². The molecule has 2 N–H and O–H groups in total. The molecule has 0 aliphatic carbocycles. The maximum absolute atomic E-state index is 12.9. The summed E-state index contributed by atoms with van der Waals surface area (Å²) in [6, 6.07) is 13.4. The van der Waals surface area contributed by atoms with Crippen molar-refractivity contribution in [3.63, 3.8) is 0 Å². The number of hydrogen-bond acceptors (Lipinski definition) is 4. The summed E-state index contributed by atoms with van der Waals surface area (Å²) in [6.45, 7) is 1.50. The van der Waals surface area contributed by atoms with Gasteiger partial charge in [-0.1, -0.05) is 12.1 Å². The smallest absolute Gasteiger partial charge is 0.315 e. The van der Waals surface area contributed by atoms with Crippen LogP contribution in [0.25, 0.3) is 22.6 Å². The van der Waals surface area contributed by atoms with Crippen LogP contribution in [0.2, 0.25) is 0 Å². The predicted molar refractivity (Wildman–Crippen MR) is 112 cm³/mol. The molecule has 0 spiro atoms. The molecule has 152 valence electrons. The molecule has 1 aromatic carbocycles. The van der Waals surface area contributed by atoms with Gasteiger partial charge in [0, 0.05) is 43.8 Å². The SMILES string of the molecule is O=C(NCCCn1c(-c2ccncc2)nc2cccnc21)NCc1ccc(F)cc1. The Morgan fingerprint density at radius 2 is 1.80 bits per heavy atom. The molecular formula is C22H21FN6O. The van der Waals surface area contributed by atoms with Crippen LogP contribution < -0.4 is 10.6 Å². The van der Waals surface area contributed by atoms with Crippen molar-refractivity contribution in [3.05, 3.63) is 78.5 Å². The zero-order chi connectivity index (χ0) is 20.8. The van der Waals surface area contributed by atoms with Gasteiger partial charge in [-0.15, -0.1) is 0 Å². The monoisotopic (exact) mass is 404 g/mol. The Kier molecular flexibility index (Phi) is 5.93. The minimum Gasteiger partial charge on any atom is -0.338 e. The van der Waals surface area contributed by atoms with Crippen LogP contribution in [0.1, 0.15) is 12.0 Å². The summed E-state index contributed by atoms with van der Waals surface area (Å²) in [4.78, 5) is 25.3. The van der Waals surface area contributed by atoms with E-state index in [1.54, 1.807) is 30.7 Å². The van der Waals surface area contributed by atoms with Crippen LogP contribution in [0.4, 0.5) is 9.18 Å². The largest absolute Gasteiger partial charge is 0.338 e. The Hall–Kier alpha value is -3.81. The van der Waals surface area contributed by atoms with Crippen molar-refractivity contribution in [2.24, 2.45) is 0 Å². The van der Waals surface area contributed by atoms with Gasteiger partial charge in [0.25, 0.3) is 0 Å². The Labute approximate surface area is 173 Å². The molecule has 7 nitrogen and oxygen atoms in total. The standard InChI is InChI=1S/C22H21FN6O/c23-18-6-4-16(5-7-18)15-27-22(30)26-11-2-14-29-20(17-8-12-24-13-9-17)28-19-3-1-10-25-21(19)29/h1,3-10,12-13H,2,11,14-15H2,(H2,26,27,30). The molecule has 0 unspecified atom stereocenters. The maximum Gasteiger partial charge on any atom is 0.315 e. The van der Waals surface area contributed by atoms with Gasteiger partial charge in [-0.2, -0.15) is 0 Å². The number of nitrogens with zero attached hydrogens (tertiary/aromatic N) is 4. The van der Waals surface area contributed by atoms with E-state index in [2.05, 4.69) is 25.2 Å². The summed E-state index contributed by atoms with van der Waals surface area (Å²) in [5, 5.41) is 5.61. The van der Waals surface area contributed by atoms with Crippen molar-refractivity contribution in [3.8, 4) is 11.4 Å². The van der Waals surface area contributed by atoms with E-state index < -0.39 is 0 Å². The van der Waals surface area contributed by atoms with Gasteiger partial charge < -0.3 is 15.2 Å². The van der Waals surface area contributed by atoms with Crippen molar-refractivity contribution in [2.45, 2.75) is 19.5 Å². The summed E-state index contributed by atoms with van der Waals surface area (Å²) in [7, 11) is 0. The lowest BCUT2D eigenvalue weighted by Crippen LogP contribution is -2.35. The number of benzene rings is 1. The van der Waals surface area contributed by atoms with E-state index in [1.165, 1.54) is 12.1 Å². The van der Waals surface area contributed by atoms with Crippen molar-refractivity contribution in [1.29, 1.82) is 0 Å². The fraction of sp³-hybridized carbons (Fsp3) is 0.182. The lowest BCUT2D eigenvalue weighted by Gasteiger charge is -2.10. The first-order valence-electron chi connectivity index (χ1n) is 9.68. The first-order valence-corrected chi connectivity index (χ1v) is 9.68. The zero-order valence-electron chi connectivity index (χ0n) is 16.3. The molecule has 0 aliphatic heterocycles. The Bertz CT molecular complexity index is 1130. The molecule has 0 saturated carbocycles. The van der Waals surface area contributed by atoms with Gasteiger partial charge in [0.15, 0.2) is 5.65 Å². The highest BCUT2D eigenvalue weighted by Gasteiger charge is 2.13. The topological polar surface area (TPSA) is 84.7 Å². The molecule has 0 bridgehead atoms. The molecule has 3 aromatic heterocycles. The van der Waals surface area contributed by atoms with Crippen LogP contribution in [-0.2, 0) is 13.1 Å². The Balaban J connectivity index is 1.34. The molecule has 2 amide bonds. The molecule has 0 radical (unpaired) electrons. The number of carbonyl (C=O) groups excluding carboxylic acids is 1. The zero-order valence-corrected chi connectivity index (χ0v) is 16.3. The number of nitrogens with one attached hydrogen (secondary N) is 2. The quantitative estimate of drug-likeness (QED) is 0.462. The second kappa shape index (κ2) is 9.13. The molecule has 4 aromatic rings. The second-order valence-corrected chi connectivity index (χ2v) is 6.76. The third kappa shape index (κ3) is 4.60. The van der Waals surface area contributed by atoms with Crippen molar-refractivity contribution in [1.82, 2.24) is 30.2 Å². The van der Waals surface area contributed by atoms with Gasteiger partial charge in [-0.05, 0) is 48.4 Å². The molecule has 0 atom stereocenters. The first-order chi connectivity index (χ1) is 14.7. The van der Waals surface area contributed by atoms with E-state index in [0.29, 0.717) is 26.1 Å². The predicted octanol–water partition coefficient (Wildman–Crippen LogP) is 3.52. The van der Waals surface area contributed by atoms with Crippen LogP contribution in [0.5, 0.6) is 0 Å². The van der Waals surface area contributed by atoms with Gasteiger partial charge in [0.1, 0.15) is 17.2 Å². The molecule has 3 heterocycles. The number of hydrogen-bond donors (Lipinski definition) is 2. The number of halogens is 1. The molecule has 0 saturated heterocycles. The highest BCUT2D eigenvalue weighted by Crippen LogP contribution is 2.23. The number of amides is 2. The summed E-state index contributed by atoms with van der Waals surface area (Å²) in [6.07, 6.45) is 5.93. The molecule has 8 heteroatoms. The number of aromatic nitrogens is 4. The molecule has 0 aliphatic rings. The van der Waals surface area contributed by atoms with E-state index in [-0.39, 0.29) is 11.8 Å². The number of fused-ring (bicyclic) bond motifs is 1. The minimum absolute atomic E-state index is 0.262. The number of pyridine rings is 2. The maximum atomic E-state index is 12.9. The van der Waals surface area contributed by atoms with Crippen LogP contribution in [0.15, 0.2) is 67.1 Å². The van der Waals surface area contributed by atoms with Crippen molar-refractivity contribution < 1.29 is 9.18 Å². The lowest BCUT2D eigenvalue weighted by molar-refractivity contribution is 0.240. The molecule has 0 fully saturated rings. The summed E-state index contributed by atoms with van der Waals surface area (Å²) in [5.41, 5.74) is 3.44. The number of rotatable bonds is 7. The highest BCUT2D eigenvalue weighted by molar-refractivity contribution is 5.77. The number of imidazole rings is 1. The van der Waals surface area contributed by atoms with Crippen LogP contribution in [-0.4, -0.2) is 32.1 Å². The van der Waals surface area contributed by atoms with Gasteiger partial charge >= 0.3 is 6.03 Å². The fourth-order valence-electron chi connectivity index (χ4n) is 3.18. The summed E-state index contributed by atoms with van der Waals surface area (Å²) < 4.78 is 15.0. The number of urea groups is 1. The van der Waals surface area contributed by atoms with E-state index in [0.717, 1.165) is 28.1 Å². The molecule has 4 rings (SSSR count). The van der Waals surface area contributed by atoms with E-state index in [9.17, 15) is 9.18 Å². The lowest BCUT2D eigenvalue weighted by atomic mass is 10.2. The average molecular weight is 404 g/mol. The minimum atomic E-state index is -0.296. The van der Waals surface area contributed by atoms with Gasteiger partial charge in [-0.3, -0.25) is 4.98 Å². The molecular weight excluding hydrogens is 383 g/mol. The van der Waals surface area contributed by atoms with Gasteiger partial charge in [0.2, 0.25) is 0 Å². The van der Waals surface area contributed by atoms with Gasteiger partial charge in [-0.25, -0.2) is 19.2 Å². The first kappa shape index (κ1) is 19.5. The van der Waals surface area contributed by atoms with Crippen molar-refractivity contribution in [2.75, 3.05) is 6.54 Å². The number of aryl methyl sites for hydroxylation is 1. The third-order valence-corrected chi connectivity index (χ3v) is 4.65. The Morgan fingerprint density at radius 1 is 1.00 bits per heavy atom. The van der Waals surface area contributed by atoms with Crippen molar-refractivity contribution >= 4 is 17.2 Å². The second-order valence-electron chi connectivity index (χ2n) is 6.76. The highest BCUT2D eigenvalue weighted by atomic mass is 19.1. The number of carbonyl (C=O) groups is 1. The van der Waals surface area contributed by atoms with Crippen LogP contribution in [0, 0.1) is 5.82 Å². The van der Waals surface area contributed by atoms with E-state index in [4.69, 9.17) is 4.98 Å². The van der Waals surface area contributed by atoms with Crippen LogP contribution >= 0.6 is 0 Å². The fourth-order valence-corrected chi connectivity index (χ4v) is 3.18. The van der Waals surface area contributed by atoms with E-state index in [1.807, 2.05) is 24.3 Å². The average Bonchev–Trinajstić information content (AvgIpc) is 3.15. The third-order valence-electron chi connectivity index (χ3n) is 4.65.